The van der Waals surface area contributed by atoms with Gasteiger partial charge in [-0.2, -0.15) is 0 Å². The predicted molar refractivity (Wildman–Crippen MR) is 80.9 cm³/mol. The molecular formula is C15H10BrF2N3. The molecule has 3 nitrogen and oxygen atoms in total. The summed E-state index contributed by atoms with van der Waals surface area (Å²) in [6.45, 7) is 0.239. The molecule has 106 valence electrons. The Morgan fingerprint density at radius 2 is 1.95 bits per heavy atom. The Morgan fingerprint density at radius 3 is 2.76 bits per heavy atom. The molecule has 3 aromatic rings. The van der Waals surface area contributed by atoms with Crippen LogP contribution in [0.5, 0.6) is 0 Å². The quantitative estimate of drug-likeness (QED) is 0.766. The largest absolute Gasteiger partial charge is 0.379 e. The van der Waals surface area contributed by atoms with E-state index in [2.05, 4.69) is 31.2 Å². The van der Waals surface area contributed by atoms with Crippen LogP contribution in [0.1, 0.15) is 5.56 Å². The van der Waals surface area contributed by atoms with Gasteiger partial charge in [0.05, 0.1) is 11.2 Å². The van der Waals surface area contributed by atoms with Crippen molar-refractivity contribution in [2.45, 2.75) is 6.54 Å². The van der Waals surface area contributed by atoms with Gasteiger partial charge in [0.2, 0.25) is 0 Å². The molecule has 0 bridgehead atoms. The summed E-state index contributed by atoms with van der Waals surface area (Å²) in [7, 11) is 0. The van der Waals surface area contributed by atoms with E-state index in [0.717, 1.165) is 21.7 Å². The van der Waals surface area contributed by atoms with Crippen molar-refractivity contribution in [2.75, 3.05) is 5.32 Å². The maximum absolute atomic E-state index is 13.6. The summed E-state index contributed by atoms with van der Waals surface area (Å²) in [5.41, 5.74) is 2.56. The van der Waals surface area contributed by atoms with Crippen LogP contribution in [-0.4, -0.2) is 9.97 Å². The number of hydrogen-bond donors (Lipinski definition) is 1. The van der Waals surface area contributed by atoms with E-state index >= 15 is 0 Å². The van der Waals surface area contributed by atoms with Crippen LogP contribution < -0.4 is 5.32 Å². The van der Waals surface area contributed by atoms with Crippen molar-refractivity contribution < 1.29 is 8.78 Å². The number of anilines is 1. The van der Waals surface area contributed by atoms with E-state index < -0.39 is 11.6 Å². The molecule has 1 aromatic carbocycles. The monoisotopic (exact) mass is 349 g/mol. The third kappa shape index (κ3) is 3.00. The number of nitrogens with zero attached hydrogens (tertiary/aromatic N) is 2. The highest BCUT2D eigenvalue weighted by atomic mass is 79.9. The third-order valence-corrected chi connectivity index (χ3v) is 3.46. The number of nitrogens with one attached hydrogen (secondary N) is 1. The van der Waals surface area contributed by atoms with Gasteiger partial charge < -0.3 is 5.32 Å². The molecule has 2 heterocycles. The van der Waals surface area contributed by atoms with E-state index in [0.29, 0.717) is 11.1 Å². The van der Waals surface area contributed by atoms with Crippen molar-refractivity contribution in [1.82, 2.24) is 9.97 Å². The first-order chi connectivity index (χ1) is 10.1. The highest BCUT2D eigenvalue weighted by Crippen LogP contribution is 2.22. The van der Waals surface area contributed by atoms with Gasteiger partial charge >= 0.3 is 0 Å². The van der Waals surface area contributed by atoms with Crippen LogP contribution in [0, 0.1) is 11.6 Å². The first-order valence-corrected chi connectivity index (χ1v) is 7.01. The van der Waals surface area contributed by atoms with E-state index in [1.807, 2.05) is 6.07 Å². The summed E-state index contributed by atoms with van der Waals surface area (Å²) in [6, 6.07) is 7.15. The molecule has 1 N–H and O–H groups in total. The number of rotatable bonds is 3. The van der Waals surface area contributed by atoms with E-state index in [4.69, 9.17) is 0 Å². The van der Waals surface area contributed by atoms with Gasteiger partial charge in [0.1, 0.15) is 17.2 Å². The first-order valence-electron chi connectivity index (χ1n) is 6.21. The highest BCUT2D eigenvalue weighted by molar-refractivity contribution is 9.10. The summed E-state index contributed by atoms with van der Waals surface area (Å²) in [5.74, 6) is -1.16. The standard InChI is InChI=1S/C15H10BrF2N3/c16-10-5-14-15(21-8-10)13(3-4-19-14)20-7-9-1-2-11(17)6-12(9)18/h1-6,8H,7H2,(H,19,20). The fourth-order valence-electron chi connectivity index (χ4n) is 2.00. The summed E-state index contributed by atoms with van der Waals surface area (Å²) in [4.78, 5) is 8.53. The molecule has 0 aliphatic rings. The van der Waals surface area contributed by atoms with Crippen molar-refractivity contribution in [3.05, 3.63) is 64.4 Å². The second-order valence-corrected chi connectivity index (χ2v) is 5.38. The fourth-order valence-corrected chi connectivity index (χ4v) is 2.32. The lowest BCUT2D eigenvalue weighted by Crippen LogP contribution is -2.03. The zero-order chi connectivity index (χ0) is 14.8. The molecule has 0 saturated carbocycles. The van der Waals surface area contributed by atoms with Crippen LogP contribution >= 0.6 is 15.9 Å². The van der Waals surface area contributed by atoms with Crippen molar-refractivity contribution >= 4 is 32.7 Å². The normalized spacial score (nSPS) is 10.8. The molecule has 2 aromatic heterocycles. The van der Waals surface area contributed by atoms with Gasteiger partial charge in [-0.15, -0.1) is 0 Å². The average molecular weight is 350 g/mol. The van der Waals surface area contributed by atoms with Gasteiger partial charge in [-0.25, -0.2) is 8.78 Å². The fraction of sp³-hybridized carbons (Fsp3) is 0.0667. The predicted octanol–water partition coefficient (Wildman–Crippen LogP) is 4.28. The van der Waals surface area contributed by atoms with Gasteiger partial charge in [-0.1, -0.05) is 6.07 Å². The average Bonchev–Trinajstić information content (AvgIpc) is 2.46. The molecule has 0 spiro atoms. The van der Waals surface area contributed by atoms with Crippen LogP contribution in [-0.2, 0) is 6.54 Å². The molecule has 6 heteroatoms. The molecule has 0 aliphatic carbocycles. The van der Waals surface area contributed by atoms with Crippen molar-refractivity contribution in [3.63, 3.8) is 0 Å². The second-order valence-electron chi connectivity index (χ2n) is 4.47. The van der Waals surface area contributed by atoms with Crippen molar-refractivity contribution in [1.29, 1.82) is 0 Å². The summed E-state index contributed by atoms with van der Waals surface area (Å²) in [6.07, 6.45) is 3.33. The Bertz CT molecular complexity index is 808. The van der Waals surface area contributed by atoms with Gasteiger partial charge in [0.15, 0.2) is 0 Å². The smallest absolute Gasteiger partial charge is 0.131 e. The van der Waals surface area contributed by atoms with E-state index in [-0.39, 0.29) is 6.54 Å². The molecule has 0 radical (unpaired) electrons. The number of hydrogen-bond acceptors (Lipinski definition) is 3. The minimum absolute atomic E-state index is 0.239. The summed E-state index contributed by atoms with van der Waals surface area (Å²) < 4.78 is 27.3. The Kier molecular flexibility index (Phi) is 3.79. The Balaban J connectivity index is 1.88. The molecule has 21 heavy (non-hydrogen) atoms. The molecule has 3 rings (SSSR count). The van der Waals surface area contributed by atoms with Gasteiger partial charge in [0.25, 0.3) is 0 Å². The van der Waals surface area contributed by atoms with Crippen LogP contribution in [0.15, 0.2) is 47.2 Å². The molecule has 0 saturated heterocycles. The van der Waals surface area contributed by atoms with E-state index in [1.165, 1.54) is 12.1 Å². The lowest BCUT2D eigenvalue weighted by molar-refractivity contribution is 0.574. The molecule has 0 fully saturated rings. The number of benzene rings is 1. The van der Waals surface area contributed by atoms with Gasteiger partial charge in [-0.3, -0.25) is 9.97 Å². The van der Waals surface area contributed by atoms with Crippen LogP contribution in [0.25, 0.3) is 11.0 Å². The topological polar surface area (TPSA) is 37.8 Å². The van der Waals surface area contributed by atoms with Crippen LogP contribution in [0.4, 0.5) is 14.5 Å². The van der Waals surface area contributed by atoms with E-state index in [1.54, 1.807) is 18.5 Å². The molecule has 0 atom stereocenters. The first kappa shape index (κ1) is 13.9. The number of fused-ring (bicyclic) bond motifs is 1. The number of pyridine rings is 2. The van der Waals surface area contributed by atoms with Crippen LogP contribution in [0.2, 0.25) is 0 Å². The zero-order valence-corrected chi connectivity index (χ0v) is 12.4. The Labute approximate surface area is 128 Å². The minimum Gasteiger partial charge on any atom is -0.379 e. The lowest BCUT2D eigenvalue weighted by Gasteiger charge is -2.09. The number of aromatic nitrogens is 2. The molecular weight excluding hydrogens is 340 g/mol. The SMILES string of the molecule is Fc1ccc(CNc2ccnc3cc(Br)cnc23)c(F)c1. The van der Waals surface area contributed by atoms with Gasteiger partial charge in [-0.05, 0) is 34.1 Å². The van der Waals surface area contributed by atoms with Crippen LogP contribution in [0.3, 0.4) is 0 Å². The highest BCUT2D eigenvalue weighted by Gasteiger charge is 2.07. The summed E-state index contributed by atoms with van der Waals surface area (Å²) >= 11 is 3.34. The third-order valence-electron chi connectivity index (χ3n) is 3.03. The van der Waals surface area contributed by atoms with Gasteiger partial charge in [0, 0.05) is 35.0 Å². The molecule has 0 amide bonds. The minimum atomic E-state index is -0.586. The number of halogens is 3. The zero-order valence-electron chi connectivity index (χ0n) is 10.8. The van der Waals surface area contributed by atoms with Crippen molar-refractivity contribution in [3.8, 4) is 0 Å². The maximum atomic E-state index is 13.6. The molecule has 0 aliphatic heterocycles. The molecule has 0 unspecified atom stereocenters. The Morgan fingerprint density at radius 1 is 1.10 bits per heavy atom. The maximum Gasteiger partial charge on any atom is 0.131 e. The van der Waals surface area contributed by atoms with Crippen molar-refractivity contribution in [2.24, 2.45) is 0 Å². The Hall–Kier alpha value is -2.08. The second kappa shape index (κ2) is 5.73. The van der Waals surface area contributed by atoms with E-state index in [9.17, 15) is 8.78 Å². The summed E-state index contributed by atoms with van der Waals surface area (Å²) in [5, 5.41) is 3.10. The lowest BCUT2D eigenvalue weighted by atomic mass is 10.2.